The van der Waals surface area contributed by atoms with Gasteiger partial charge in [-0.3, -0.25) is 14.2 Å². The van der Waals surface area contributed by atoms with Crippen LogP contribution >= 0.6 is 11.6 Å². The molecule has 0 unspecified atom stereocenters. The van der Waals surface area contributed by atoms with Gasteiger partial charge in [-0.15, -0.1) is 0 Å². The van der Waals surface area contributed by atoms with Crippen molar-refractivity contribution in [3.05, 3.63) is 70.8 Å². The van der Waals surface area contributed by atoms with Crippen molar-refractivity contribution in [1.29, 1.82) is 0 Å². The Balaban J connectivity index is 1.79. The SMILES string of the molecule is Cc1cc(Cl)ccc1NC(=O)c1c(C(N)=O)ncn1-c1nc2ccccc2[nH]1. The van der Waals surface area contributed by atoms with Crippen LogP contribution in [0.4, 0.5) is 5.69 Å². The van der Waals surface area contributed by atoms with Crippen LogP contribution in [0.5, 0.6) is 0 Å². The predicted molar refractivity (Wildman–Crippen MR) is 106 cm³/mol. The maximum absolute atomic E-state index is 13.0. The van der Waals surface area contributed by atoms with E-state index < -0.39 is 11.8 Å². The zero-order valence-corrected chi connectivity index (χ0v) is 15.5. The summed E-state index contributed by atoms with van der Waals surface area (Å²) in [5, 5.41) is 3.33. The van der Waals surface area contributed by atoms with Crippen molar-refractivity contribution in [2.75, 3.05) is 5.32 Å². The molecule has 28 heavy (non-hydrogen) atoms. The Kier molecular flexibility index (Phi) is 4.32. The number of nitrogens with one attached hydrogen (secondary N) is 2. The van der Waals surface area contributed by atoms with Crippen LogP contribution < -0.4 is 11.1 Å². The number of carbonyl (C=O) groups excluding carboxylic acids is 2. The van der Waals surface area contributed by atoms with Crippen molar-refractivity contribution in [2.45, 2.75) is 6.92 Å². The third-order valence-electron chi connectivity index (χ3n) is 4.26. The largest absolute Gasteiger partial charge is 0.364 e. The second-order valence-corrected chi connectivity index (χ2v) is 6.60. The lowest BCUT2D eigenvalue weighted by Gasteiger charge is -2.10. The number of para-hydroxylation sites is 2. The van der Waals surface area contributed by atoms with Gasteiger partial charge in [0.05, 0.1) is 11.0 Å². The summed E-state index contributed by atoms with van der Waals surface area (Å²) in [6.45, 7) is 1.81. The minimum atomic E-state index is -0.812. The molecule has 0 aliphatic carbocycles. The minimum Gasteiger partial charge on any atom is -0.364 e. The highest BCUT2D eigenvalue weighted by Gasteiger charge is 2.25. The van der Waals surface area contributed by atoms with Gasteiger partial charge in [-0.25, -0.2) is 9.97 Å². The van der Waals surface area contributed by atoms with Gasteiger partial charge in [0.2, 0.25) is 5.95 Å². The number of aromatic nitrogens is 4. The molecule has 0 radical (unpaired) electrons. The highest BCUT2D eigenvalue weighted by atomic mass is 35.5. The third-order valence-corrected chi connectivity index (χ3v) is 4.49. The molecule has 4 N–H and O–H groups in total. The van der Waals surface area contributed by atoms with E-state index in [-0.39, 0.29) is 11.4 Å². The lowest BCUT2D eigenvalue weighted by Crippen LogP contribution is -2.23. The van der Waals surface area contributed by atoms with Crippen LogP contribution in [-0.2, 0) is 0 Å². The normalized spacial score (nSPS) is 10.9. The summed E-state index contributed by atoms with van der Waals surface area (Å²) in [4.78, 5) is 36.4. The number of imidazole rings is 2. The van der Waals surface area contributed by atoms with Crippen molar-refractivity contribution >= 4 is 40.1 Å². The molecule has 0 aliphatic heterocycles. The molecule has 0 atom stereocenters. The van der Waals surface area contributed by atoms with Crippen molar-refractivity contribution in [2.24, 2.45) is 5.73 Å². The fraction of sp³-hybridized carbons (Fsp3) is 0.0526. The van der Waals surface area contributed by atoms with Crippen LogP contribution in [0.2, 0.25) is 5.02 Å². The molecule has 2 aromatic heterocycles. The Labute approximate surface area is 164 Å². The summed E-state index contributed by atoms with van der Waals surface area (Å²) in [5.41, 5.74) is 8.09. The number of amides is 2. The van der Waals surface area contributed by atoms with Crippen LogP contribution in [0.1, 0.15) is 26.5 Å². The Morgan fingerprint density at radius 3 is 2.71 bits per heavy atom. The summed E-state index contributed by atoms with van der Waals surface area (Å²) >= 11 is 5.96. The number of H-pyrrole nitrogens is 1. The van der Waals surface area contributed by atoms with Gasteiger partial charge in [0.25, 0.3) is 11.8 Å². The molecule has 0 bridgehead atoms. The van der Waals surface area contributed by atoms with Gasteiger partial charge in [0.15, 0.2) is 5.69 Å². The molecule has 0 aliphatic rings. The lowest BCUT2D eigenvalue weighted by molar-refractivity contribution is 0.0971. The van der Waals surface area contributed by atoms with E-state index in [0.717, 1.165) is 11.1 Å². The summed E-state index contributed by atoms with van der Waals surface area (Å²) in [7, 11) is 0. The minimum absolute atomic E-state index is 0.0130. The molecule has 2 heterocycles. The number of nitrogens with two attached hydrogens (primary N) is 1. The number of primary amides is 1. The first-order valence-electron chi connectivity index (χ1n) is 8.34. The number of carbonyl (C=O) groups is 2. The standard InChI is InChI=1S/C19H15ClN6O2/c1-10-8-11(20)6-7-12(10)23-18(28)16-15(17(21)27)22-9-26(16)19-24-13-4-2-3-5-14(13)25-19/h2-9H,1H3,(H2,21,27)(H,23,28)(H,24,25). The molecule has 2 amide bonds. The molecule has 0 fully saturated rings. The van der Waals surface area contributed by atoms with Crippen LogP contribution in [-0.4, -0.2) is 31.3 Å². The summed E-state index contributed by atoms with van der Waals surface area (Å²) in [5.74, 6) is -1.01. The van der Waals surface area contributed by atoms with Crippen molar-refractivity contribution in [1.82, 2.24) is 19.5 Å². The van der Waals surface area contributed by atoms with Crippen LogP contribution in [0.25, 0.3) is 17.0 Å². The van der Waals surface area contributed by atoms with Crippen molar-refractivity contribution in [3.63, 3.8) is 0 Å². The zero-order valence-electron chi connectivity index (χ0n) is 14.7. The summed E-state index contributed by atoms with van der Waals surface area (Å²) in [6.07, 6.45) is 1.33. The number of rotatable bonds is 4. The maximum atomic E-state index is 13.0. The topological polar surface area (TPSA) is 119 Å². The summed E-state index contributed by atoms with van der Waals surface area (Å²) in [6, 6.07) is 12.5. The van der Waals surface area contributed by atoms with E-state index in [0.29, 0.717) is 22.2 Å². The molecule has 4 rings (SSSR count). The van der Waals surface area contributed by atoms with Gasteiger partial charge in [0.1, 0.15) is 12.0 Å². The number of hydrogen-bond donors (Lipinski definition) is 3. The Morgan fingerprint density at radius 1 is 1.21 bits per heavy atom. The van der Waals surface area contributed by atoms with Crippen molar-refractivity contribution in [3.8, 4) is 5.95 Å². The Bertz CT molecular complexity index is 1190. The fourth-order valence-corrected chi connectivity index (χ4v) is 3.14. The molecule has 4 aromatic rings. The first-order valence-corrected chi connectivity index (χ1v) is 8.71. The third kappa shape index (κ3) is 3.10. The van der Waals surface area contributed by atoms with E-state index in [1.807, 2.05) is 31.2 Å². The Morgan fingerprint density at radius 2 is 2.00 bits per heavy atom. The molecule has 2 aromatic carbocycles. The van der Waals surface area contributed by atoms with Gasteiger partial charge in [-0.2, -0.15) is 0 Å². The number of halogens is 1. The Hall–Kier alpha value is -3.65. The van der Waals surface area contributed by atoms with E-state index in [2.05, 4.69) is 20.3 Å². The number of hydrogen-bond acceptors (Lipinski definition) is 4. The molecule has 140 valence electrons. The maximum Gasteiger partial charge on any atom is 0.275 e. The average Bonchev–Trinajstić information content (AvgIpc) is 3.27. The molecular weight excluding hydrogens is 380 g/mol. The van der Waals surface area contributed by atoms with Gasteiger partial charge in [-0.05, 0) is 42.8 Å². The zero-order chi connectivity index (χ0) is 19.8. The molecule has 0 saturated carbocycles. The monoisotopic (exact) mass is 394 g/mol. The van der Waals surface area contributed by atoms with E-state index in [1.165, 1.54) is 10.9 Å². The van der Waals surface area contributed by atoms with Crippen LogP contribution in [0, 0.1) is 6.92 Å². The van der Waals surface area contributed by atoms with Crippen LogP contribution in [0.3, 0.4) is 0 Å². The molecule has 0 spiro atoms. The van der Waals surface area contributed by atoms with Crippen molar-refractivity contribution < 1.29 is 9.59 Å². The van der Waals surface area contributed by atoms with Gasteiger partial charge in [-0.1, -0.05) is 23.7 Å². The highest BCUT2D eigenvalue weighted by molar-refractivity contribution is 6.30. The highest BCUT2D eigenvalue weighted by Crippen LogP contribution is 2.22. The number of aromatic amines is 1. The predicted octanol–water partition coefficient (Wildman–Crippen LogP) is 3.06. The summed E-state index contributed by atoms with van der Waals surface area (Å²) < 4.78 is 1.40. The number of nitrogens with zero attached hydrogens (tertiary/aromatic N) is 3. The fourth-order valence-electron chi connectivity index (χ4n) is 2.91. The van der Waals surface area contributed by atoms with E-state index in [1.54, 1.807) is 18.2 Å². The second kappa shape index (κ2) is 6.82. The first-order chi connectivity index (χ1) is 13.4. The lowest BCUT2D eigenvalue weighted by atomic mass is 10.2. The number of aryl methyl sites for hydroxylation is 1. The number of anilines is 1. The van der Waals surface area contributed by atoms with Gasteiger partial charge >= 0.3 is 0 Å². The second-order valence-electron chi connectivity index (χ2n) is 6.17. The molecule has 9 heteroatoms. The smallest absolute Gasteiger partial charge is 0.275 e. The van der Waals surface area contributed by atoms with Gasteiger partial charge in [0, 0.05) is 10.7 Å². The van der Waals surface area contributed by atoms with E-state index in [4.69, 9.17) is 17.3 Å². The van der Waals surface area contributed by atoms with Crippen LogP contribution in [0.15, 0.2) is 48.8 Å². The quantitative estimate of drug-likeness (QED) is 0.492. The number of fused-ring (bicyclic) bond motifs is 1. The first kappa shape index (κ1) is 17.7. The molecular formula is C19H15ClN6O2. The van der Waals surface area contributed by atoms with E-state index >= 15 is 0 Å². The van der Waals surface area contributed by atoms with Gasteiger partial charge < -0.3 is 16.0 Å². The molecule has 0 saturated heterocycles. The van der Waals surface area contributed by atoms with E-state index in [9.17, 15) is 9.59 Å². The number of benzene rings is 2. The average molecular weight is 395 g/mol. The molecule has 8 nitrogen and oxygen atoms in total.